The van der Waals surface area contributed by atoms with E-state index in [1.165, 1.54) is 29.4 Å². The minimum atomic E-state index is 0. The van der Waals surface area contributed by atoms with E-state index in [2.05, 4.69) is 69.7 Å². The van der Waals surface area contributed by atoms with Crippen molar-refractivity contribution in [3.8, 4) is 0 Å². The maximum absolute atomic E-state index is 4.37. The van der Waals surface area contributed by atoms with Crippen LogP contribution in [-0.2, 0) is 6.54 Å². The van der Waals surface area contributed by atoms with Crippen molar-refractivity contribution in [2.75, 3.05) is 20.1 Å². The van der Waals surface area contributed by atoms with Gasteiger partial charge in [0, 0.05) is 43.4 Å². The molecule has 5 nitrogen and oxygen atoms in total. The van der Waals surface area contributed by atoms with Crippen molar-refractivity contribution >= 4 is 40.8 Å². The van der Waals surface area contributed by atoms with Gasteiger partial charge in [0.1, 0.15) is 0 Å². The highest BCUT2D eigenvalue weighted by Gasteiger charge is 2.21. The van der Waals surface area contributed by atoms with Gasteiger partial charge in [0.25, 0.3) is 0 Å². The quantitative estimate of drug-likeness (QED) is 0.377. The largest absolute Gasteiger partial charge is 0.357 e. The standard InChI is InChI=1S/C19H29N5.HI/c1-14(2)24-10-8-16(9-11-24)23-19(20-3)21-13-17-12-15-6-4-5-7-18(15)22-17;/h4-7,12,14,16,22H,8-11,13H2,1-3H3,(H2,20,21,23);1H. The molecule has 0 bridgehead atoms. The SMILES string of the molecule is CN=C(NCc1cc2ccccc2[nH]1)NC1CCN(C(C)C)CC1.I. The summed E-state index contributed by atoms with van der Waals surface area (Å²) in [4.78, 5) is 10.4. The van der Waals surface area contributed by atoms with E-state index >= 15 is 0 Å². The van der Waals surface area contributed by atoms with E-state index in [4.69, 9.17) is 0 Å². The molecule has 25 heavy (non-hydrogen) atoms. The third-order valence-electron chi connectivity index (χ3n) is 4.86. The number of halogens is 1. The van der Waals surface area contributed by atoms with Crippen LogP contribution < -0.4 is 10.6 Å². The Labute approximate surface area is 167 Å². The molecule has 1 aliphatic heterocycles. The summed E-state index contributed by atoms with van der Waals surface area (Å²) >= 11 is 0. The molecular weight excluding hydrogens is 425 g/mol. The maximum Gasteiger partial charge on any atom is 0.191 e. The highest BCUT2D eigenvalue weighted by Crippen LogP contribution is 2.15. The lowest BCUT2D eigenvalue weighted by atomic mass is 10.0. The Morgan fingerprint density at radius 1 is 1.28 bits per heavy atom. The van der Waals surface area contributed by atoms with E-state index in [0.29, 0.717) is 12.1 Å². The van der Waals surface area contributed by atoms with Crippen molar-refractivity contribution in [1.29, 1.82) is 0 Å². The molecule has 0 amide bonds. The smallest absolute Gasteiger partial charge is 0.191 e. The van der Waals surface area contributed by atoms with E-state index in [0.717, 1.165) is 25.6 Å². The number of hydrogen-bond acceptors (Lipinski definition) is 2. The van der Waals surface area contributed by atoms with Gasteiger partial charge in [-0.1, -0.05) is 18.2 Å². The van der Waals surface area contributed by atoms with E-state index < -0.39 is 0 Å². The van der Waals surface area contributed by atoms with Crippen LogP contribution in [-0.4, -0.2) is 48.1 Å². The Balaban J connectivity index is 0.00000225. The second kappa shape index (κ2) is 9.43. The molecule has 6 heteroatoms. The summed E-state index contributed by atoms with van der Waals surface area (Å²) in [5, 5.41) is 8.24. The molecule has 1 aromatic heterocycles. The second-order valence-electron chi connectivity index (χ2n) is 6.86. The molecule has 2 heterocycles. The number of likely N-dealkylation sites (tertiary alicyclic amines) is 1. The first-order valence-corrected chi connectivity index (χ1v) is 8.93. The number of nitrogens with one attached hydrogen (secondary N) is 3. The van der Waals surface area contributed by atoms with Crippen LogP contribution in [0.4, 0.5) is 0 Å². The third kappa shape index (κ3) is 5.34. The van der Waals surface area contributed by atoms with E-state index in [1.807, 2.05) is 7.05 Å². The molecule has 0 unspecified atom stereocenters. The molecule has 1 aliphatic rings. The van der Waals surface area contributed by atoms with E-state index in [1.54, 1.807) is 0 Å². The number of H-pyrrole nitrogens is 1. The minimum Gasteiger partial charge on any atom is -0.357 e. The first-order chi connectivity index (χ1) is 11.7. The normalized spacial score (nSPS) is 16.9. The van der Waals surface area contributed by atoms with E-state index in [-0.39, 0.29) is 24.0 Å². The van der Waals surface area contributed by atoms with Crippen molar-refractivity contribution in [2.24, 2.45) is 4.99 Å². The predicted molar refractivity (Wildman–Crippen MR) is 117 cm³/mol. The molecule has 138 valence electrons. The van der Waals surface area contributed by atoms with Gasteiger partial charge in [0.15, 0.2) is 5.96 Å². The highest BCUT2D eigenvalue weighted by atomic mass is 127. The van der Waals surface area contributed by atoms with Gasteiger partial charge in [-0.05, 0) is 44.2 Å². The number of fused-ring (bicyclic) bond motifs is 1. The number of guanidine groups is 1. The van der Waals surface area contributed by atoms with Gasteiger partial charge in [0.05, 0.1) is 6.54 Å². The average molecular weight is 455 g/mol. The minimum absolute atomic E-state index is 0. The van der Waals surface area contributed by atoms with Crippen molar-refractivity contribution in [3.05, 3.63) is 36.0 Å². The van der Waals surface area contributed by atoms with Crippen LogP contribution in [0.1, 0.15) is 32.4 Å². The molecular formula is C19H30IN5. The lowest BCUT2D eigenvalue weighted by molar-refractivity contribution is 0.167. The van der Waals surface area contributed by atoms with Crippen molar-refractivity contribution in [3.63, 3.8) is 0 Å². The number of nitrogens with zero attached hydrogens (tertiary/aromatic N) is 2. The Bertz CT molecular complexity index is 653. The summed E-state index contributed by atoms with van der Waals surface area (Å²) < 4.78 is 0. The number of benzene rings is 1. The monoisotopic (exact) mass is 455 g/mol. The van der Waals surface area contributed by atoms with Gasteiger partial charge in [-0.25, -0.2) is 0 Å². The molecule has 1 saturated heterocycles. The predicted octanol–water partition coefficient (Wildman–Crippen LogP) is 3.32. The zero-order valence-electron chi connectivity index (χ0n) is 15.4. The zero-order valence-corrected chi connectivity index (χ0v) is 17.7. The third-order valence-corrected chi connectivity index (χ3v) is 4.86. The molecule has 0 saturated carbocycles. The molecule has 3 N–H and O–H groups in total. The van der Waals surface area contributed by atoms with Gasteiger partial charge in [-0.3, -0.25) is 4.99 Å². The first-order valence-electron chi connectivity index (χ1n) is 8.93. The number of para-hydroxylation sites is 1. The number of rotatable bonds is 4. The fraction of sp³-hybridized carbons (Fsp3) is 0.526. The summed E-state index contributed by atoms with van der Waals surface area (Å²) in [5.41, 5.74) is 2.35. The summed E-state index contributed by atoms with van der Waals surface area (Å²) in [6.07, 6.45) is 2.34. The van der Waals surface area contributed by atoms with Crippen LogP contribution >= 0.6 is 24.0 Å². The molecule has 3 rings (SSSR count). The average Bonchev–Trinajstić information content (AvgIpc) is 3.02. The Hall–Kier alpha value is -1.28. The van der Waals surface area contributed by atoms with Crippen LogP contribution in [0.2, 0.25) is 0 Å². The maximum atomic E-state index is 4.37. The Kier molecular flexibility index (Phi) is 7.56. The highest BCUT2D eigenvalue weighted by molar-refractivity contribution is 14.0. The Morgan fingerprint density at radius 3 is 2.64 bits per heavy atom. The first kappa shape index (κ1) is 20.0. The molecule has 0 radical (unpaired) electrons. The van der Waals surface area contributed by atoms with Gasteiger partial charge in [-0.15, -0.1) is 24.0 Å². The van der Waals surface area contributed by atoms with E-state index in [9.17, 15) is 0 Å². The van der Waals surface area contributed by atoms with Gasteiger partial charge < -0.3 is 20.5 Å². The Morgan fingerprint density at radius 2 is 2.00 bits per heavy atom. The van der Waals surface area contributed by atoms with Crippen molar-refractivity contribution < 1.29 is 0 Å². The van der Waals surface area contributed by atoms with Crippen molar-refractivity contribution in [2.45, 2.75) is 45.3 Å². The number of aromatic amines is 1. The number of piperidine rings is 1. The van der Waals surface area contributed by atoms with Crippen LogP contribution in [0.3, 0.4) is 0 Å². The molecule has 0 spiro atoms. The number of aromatic nitrogens is 1. The van der Waals surface area contributed by atoms with Crippen LogP contribution in [0.15, 0.2) is 35.3 Å². The van der Waals surface area contributed by atoms with Gasteiger partial charge in [0.2, 0.25) is 0 Å². The number of hydrogen-bond donors (Lipinski definition) is 3. The van der Waals surface area contributed by atoms with Crippen molar-refractivity contribution in [1.82, 2.24) is 20.5 Å². The molecule has 0 atom stereocenters. The van der Waals surface area contributed by atoms with Crippen LogP contribution in [0.5, 0.6) is 0 Å². The fourth-order valence-corrected chi connectivity index (χ4v) is 3.36. The molecule has 1 aromatic carbocycles. The van der Waals surface area contributed by atoms with Crippen LogP contribution in [0.25, 0.3) is 10.9 Å². The topological polar surface area (TPSA) is 55.5 Å². The van der Waals surface area contributed by atoms with Gasteiger partial charge >= 0.3 is 0 Å². The number of aliphatic imine (C=N–C) groups is 1. The van der Waals surface area contributed by atoms with Crippen LogP contribution in [0, 0.1) is 0 Å². The summed E-state index contributed by atoms with van der Waals surface area (Å²) in [5.74, 6) is 0.886. The lowest BCUT2D eigenvalue weighted by Crippen LogP contribution is -2.49. The molecule has 2 aromatic rings. The zero-order chi connectivity index (χ0) is 16.9. The molecule has 1 fully saturated rings. The summed E-state index contributed by atoms with van der Waals surface area (Å²) in [6.45, 7) is 7.62. The summed E-state index contributed by atoms with van der Waals surface area (Å²) in [6, 6.07) is 11.7. The lowest BCUT2D eigenvalue weighted by Gasteiger charge is -2.35. The second-order valence-corrected chi connectivity index (χ2v) is 6.86. The van der Waals surface area contributed by atoms with Gasteiger partial charge in [-0.2, -0.15) is 0 Å². The fourth-order valence-electron chi connectivity index (χ4n) is 3.36. The molecule has 0 aliphatic carbocycles. The summed E-state index contributed by atoms with van der Waals surface area (Å²) in [7, 11) is 1.84.